The number of carbonyl (C=O) groups excluding carboxylic acids is 2. The molecule has 0 aliphatic heterocycles. The molecule has 10 nitrogen and oxygen atoms in total. The molecule has 36 heavy (non-hydrogen) atoms. The molecule has 0 spiro atoms. The molecule has 0 aliphatic rings. The van der Waals surface area contributed by atoms with Crippen LogP contribution in [-0.2, 0) is 19.6 Å². The van der Waals surface area contributed by atoms with E-state index in [0.29, 0.717) is 28.7 Å². The Balaban J connectivity index is 1.54. The monoisotopic (exact) mass is 535 g/mol. The maximum atomic E-state index is 12.6. The molecule has 0 atom stereocenters. The number of esters is 1. The van der Waals surface area contributed by atoms with Gasteiger partial charge in [-0.3, -0.25) is 9.10 Å². The Bertz CT molecular complexity index is 1280. The molecule has 0 bridgehead atoms. The van der Waals surface area contributed by atoms with Crippen LogP contribution in [0.15, 0.2) is 58.1 Å². The number of methoxy groups -OCH3 is 3. The van der Waals surface area contributed by atoms with Crippen LogP contribution in [0.2, 0.25) is 0 Å². The third-order valence-electron chi connectivity index (χ3n) is 5.02. The van der Waals surface area contributed by atoms with E-state index in [1.165, 1.54) is 58.7 Å². The molecule has 0 amide bonds. The number of rotatable bonds is 12. The summed E-state index contributed by atoms with van der Waals surface area (Å²) in [6.07, 6.45) is 0. The molecule has 0 saturated heterocycles. The molecule has 1 aromatic heterocycles. The molecule has 1 heterocycles. The molecule has 0 saturated carbocycles. The summed E-state index contributed by atoms with van der Waals surface area (Å²) in [5.41, 5.74) is 0.643. The first-order valence-corrected chi connectivity index (χ1v) is 12.8. The van der Waals surface area contributed by atoms with Crippen molar-refractivity contribution in [3.05, 3.63) is 59.5 Å². The second-order valence-electron chi connectivity index (χ2n) is 7.19. The van der Waals surface area contributed by atoms with Gasteiger partial charge < -0.3 is 23.7 Å². The number of anilines is 1. The fraction of sp³-hybridized carbons (Fsp3) is 0.250. The quantitative estimate of drug-likeness (QED) is 0.254. The Labute approximate surface area is 213 Å². The van der Waals surface area contributed by atoms with Crippen LogP contribution in [0.3, 0.4) is 0 Å². The van der Waals surface area contributed by atoms with Crippen LogP contribution < -0.4 is 23.3 Å². The van der Waals surface area contributed by atoms with E-state index in [4.69, 9.17) is 23.7 Å². The maximum absolute atomic E-state index is 12.6. The van der Waals surface area contributed by atoms with E-state index in [1.54, 1.807) is 23.6 Å². The van der Waals surface area contributed by atoms with Crippen LogP contribution in [0.5, 0.6) is 23.0 Å². The normalized spacial score (nSPS) is 10.9. The molecule has 3 aromatic rings. The number of hydrogen-bond donors (Lipinski definition) is 0. The fourth-order valence-electron chi connectivity index (χ4n) is 3.09. The number of ether oxygens (including phenoxy) is 5. The number of Topliss-reactive ketones (excluding diaryl/α,β-unsaturated/α-hetero) is 1. The lowest BCUT2D eigenvalue weighted by Gasteiger charge is -2.18. The van der Waals surface area contributed by atoms with Gasteiger partial charge in [0.2, 0.25) is 11.5 Å². The lowest BCUT2D eigenvalue weighted by molar-refractivity contribution is -0.144. The van der Waals surface area contributed by atoms with Crippen molar-refractivity contribution in [2.45, 2.75) is 4.21 Å². The van der Waals surface area contributed by atoms with Crippen molar-refractivity contribution in [3.8, 4) is 23.0 Å². The summed E-state index contributed by atoms with van der Waals surface area (Å²) in [5.74, 6) is 0.0373. The number of nitrogens with zero attached hydrogens (tertiary/aromatic N) is 1. The van der Waals surface area contributed by atoms with Crippen LogP contribution in [0.25, 0.3) is 0 Å². The Morgan fingerprint density at radius 3 is 2.08 bits per heavy atom. The van der Waals surface area contributed by atoms with E-state index in [-0.39, 0.29) is 9.77 Å². The summed E-state index contributed by atoms with van der Waals surface area (Å²) >= 11 is 1.13. The lowest BCUT2D eigenvalue weighted by Crippen LogP contribution is -2.25. The summed E-state index contributed by atoms with van der Waals surface area (Å²) in [6.45, 7) is -0.948. The molecule has 0 radical (unpaired) electrons. The van der Waals surface area contributed by atoms with E-state index in [0.717, 1.165) is 15.6 Å². The topological polar surface area (TPSA) is 118 Å². The summed E-state index contributed by atoms with van der Waals surface area (Å²) in [4.78, 5) is 24.6. The smallest absolute Gasteiger partial charge is 0.344 e. The number of ketones is 1. The first kappa shape index (κ1) is 26.8. The molecular formula is C24H25NO9S2. The molecule has 3 rings (SSSR count). The van der Waals surface area contributed by atoms with Gasteiger partial charge in [-0.1, -0.05) is 6.07 Å². The number of thiophene rings is 1. The molecule has 0 aliphatic carbocycles. The van der Waals surface area contributed by atoms with E-state index in [2.05, 4.69) is 0 Å². The van der Waals surface area contributed by atoms with Gasteiger partial charge >= 0.3 is 5.97 Å². The molecule has 192 valence electrons. The van der Waals surface area contributed by atoms with Crippen molar-refractivity contribution >= 4 is 38.8 Å². The largest absolute Gasteiger partial charge is 0.493 e. The molecular weight excluding hydrogens is 510 g/mol. The van der Waals surface area contributed by atoms with Gasteiger partial charge in [0.25, 0.3) is 10.0 Å². The molecule has 0 unspecified atom stereocenters. The number of benzene rings is 2. The van der Waals surface area contributed by atoms with Crippen LogP contribution in [0, 0.1) is 0 Å². The first-order valence-electron chi connectivity index (χ1n) is 10.5. The highest BCUT2D eigenvalue weighted by Crippen LogP contribution is 2.38. The van der Waals surface area contributed by atoms with Gasteiger partial charge in [-0.15, -0.1) is 11.3 Å². The van der Waals surface area contributed by atoms with Crippen molar-refractivity contribution in [2.24, 2.45) is 0 Å². The second kappa shape index (κ2) is 11.8. The van der Waals surface area contributed by atoms with E-state index < -0.39 is 35.0 Å². The minimum atomic E-state index is -3.66. The maximum Gasteiger partial charge on any atom is 0.344 e. The van der Waals surface area contributed by atoms with E-state index >= 15 is 0 Å². The third-order valence-corrected chi connectivity index (χ3v) is 8.18. The molecule has 12 heteroatoms. The molecule has 2 aromatic carbocycles. The zero-order chi connectivity index (χ0) is 26.3. The van der Waals surface area contributed by atoms with Crippen molar-refractivity contribution in [2.75, 3.05) is 45.9 Å². The van der Waals surface area contributed by atoms with Gasteiger partial charge in [0.1, 0.15) is 9.96 Å². The minimum absolute atomic E-state index is 0.218. The Hall–Kier alpha value is -3.77. The van der Waals surface area contributed by atoms with Crippen LogP contribution in [0.1, 0.15) is 10.4 Å². The van der Waals surface area contributed by atoms with Gasteiger partial charge in [-0.2, -0.15) is 0 Å². The van der Waals surface area contributed by atoms with Crippen LogP contribution in [-0.4, -0.2) is 61.8 Å². The summed E-state index contributed by atoms with van der Waals surface area (Å²) in [5, 5.41) is 1.69. The Morgan fingerprint density at radius 1 is 0.917 bits per heavy atom. The first-order chi connectivity index (χ1) is 17.2. The highest BCUT2D eigenvalue weighted by molar-refractivity contribution is 7.94. The average Bonchev–Trinajstić information content (AvgIpc) is 3.45. The van der Waals surface area contributed by atoms with E-state index in [1.807, 2.05) is 0 Å². The number of hydrogen-bond acceptors (Lipinski definition) is 10. The number of sulfonamides is 1. The zero-order valence-corrected chi connectivity index (χ0v) is 21.7. The third kappa shape index (κ3) is 6.07. The standard InChI is InChI=1S/C24H25NO9S2/c1-25(36(28,29)23-6-5-11-35-23)17-7-9-18(10-8-17)33-15-22(27)34-14-19(26)16-12-20(30-2)24(32-4)21(13-16)31-3/h5-13H,14-15H2,1-4H3. The summed E-state index contributed by atoms with van der Waals surface area (Å²) < 4.78 is 52.7. The van der Waals surface area contributed by atoms with E-state index in [9.17, 15) is 18.0 Å². The highest BCUT2D eigenvalue weighted by atomic mass is 32.2. The molecule has 0 N–H and O–H groups in total. The van der Waals surface area contributed by atoms with Gasteiger partial charge in [-0.05, 0) is 47.8 Å². The summed E-state index contributed by atoms with van der Waals surface area (Å²) in [6, 6.07) is 12.3. The van der Waals surface area contributed by atoms with Crippen molar-refractivity contribution in [1.82, 2.24) is 0 Å². The number of carbonyl (C=O) groups is 2. The van der Waals surface area contributed by atoms with Crippen molar-refractivity contribution < 1.29 is 41.7 Å². The highest BCUT2D eigenvalue weighted by Gasteiger charge is 2.22. The van der Waals surface area contributed by atoms with Crippen molar-refractivity contribution in [1.29, 1.82) is 0 Å². The SMILES string of the molecule is COc1cc(C(=O)COC(=O)COc2ccc(N(C)S(=O)(=O)c3cccs3)cc2)cc(OC)c1OC. The van der Waals surface area contributed by atoms with Crippen LogP contribution >= 0.6 is 11.3 Å². The van der Waals surface area contributed by atoms with Gasteiger partial charge in [0.15, 0.2) is 24.7 Å². The van der Waals surface area contributed by atoms with Gasteiger partial charge in [0.05, 0.1) is 27.0 Å². The zero-order valence-electron chi connectivity index (χ0n) is 20.0. The predicted octanol–water partition coefficient (Wildman–Crippen LogP) is 3.40. The van der Waals surface area contributed by atoms with Gasteiger partial charge in [-0.25, -0.2) is 13.2 Å². The van der Waals surface area contributed by atoms with Gasteiger partial charge in [0, 0.05) is 12.6 Å². The minimum Gasteiger partial charge on any atom is -0.493 e. The lowest BCUT2D eigenvalue weighted by atomic mass is 10.1. The molecule has 0 fully saturated rings. The summed E-state index contributed by atoms with van der Waals surface area (Å²) in [7, 11) is 2.10. The predicted molar refractivity (Wildman–Crippen MR) is 133 cm³/mol. The Morgan fingerprint density at radius 2 is 1.56 bits per heavy atom. The van der Waals surface area contributed by atoms with Crippen molar-refractivity contribution in [3.63, 3.8) is 0 Å². The fourth-order valence-corrected chi connectivity index (χ4v) is 5.45. The second-order valence-corrected chi connectivity index (χ2v) is 10.3. The Kier molecular flexibility index (Phi) is 8.78. The average molecular weight is 536 g/mol. The van der Waals surface area contributed by atoms with Crippen LogP contribution in [0.4, 0.5) is 5.69 Å².